The number of carbonyl (C=O) groups excluding carboxylic acids is 1. The summed E-state index contributed by atoms with van der Waals surface area (Å²) in [5.74, 6) is -0.256. The molecule has 9 heteroatoms. The maximum atomic E-state index is 13.4. The van der Waals surface area contributed by atoms with Crippen LogP contribution in [0.5, 0.6) is 0 Å². The third kappa shape index (κ3) is 4.23. The van der Waals surface area contributed by atoms with E-state index >= 15 is 0 Å². The Morgan fingerprint density at radius 2 is 1.90 bits per heavy atom. The fourth-order valence-corrected chi connectivity index (χ4v) is 6.48. The second-order valence-corrected chi connectivity index (χ2v) is 10.8. The molecule has 1 aliphatic heterocycles. The Kier molecular flexibility index (Phi) is 5.61. The number of halogens is 1. The summed E-state index contributed by atoms with van der Waals surface area (Å²) in [6.45, 7) is 5.05. The van der Waals surface area contributed by atoms with Gasteiger partial charge in [0, 0.05) is 18.7 Å². The molecule has 1 aromatic heterocycles. The van der Waals surface area contributed by atoms with Crippen LogP contribution in [0.15, 0.2) is 47.4 Å². The zero-order chi connectivity index (χ0) is 21.5. The quantitative estimate of drug-likeness (QED) is 0.645. The number of thiazole rings is 1. The van der Waals surface area contributed by atoms with Gasteiger partial charge >= 0.3 is 0 Å². The molecule has 0 bridgehead atoms. The van der Waals surface area contributed by atoms with E-state index in [-0.39, 0.29) is 16.3 Å². The molecular weight excluding hydrogens is 425 g/mol. The van der Waals surface area contributed by atoms with Crippen LogP contribution in [0.25, 0.3) is 10.2 Å². The molecule has 4 rings (SSSR count). The van der Waals surface area contributed by atoms with E-state index in [9.17, 15) is 17.6 Å². The maximum absolute atomic E-state index is 13.4. The van der Waals surface area contributed by atoms with E-state index < -0.39 is 15.9 Å². The van der Waals surface area contributed by atoms with Crippen molar-refractivity contribution in [2.75, 3.05) is 18.4 Å². The monoisotopic (exact) mass is 447 g/mol. The van der Waals surface area contributed by atoms with Crippen molar-refractivity contribution >= 4 is 42.6 Å². The zero-order valence-corrected chi connectivity index (χ0v) is 18.3. The molecule has 2 heterocycles. The molecular formula is C21H22FN3O3S2. The average molecular weight is 448 g/mol. The summed E-state index contributed by atoms with van der Waals surface area (Å²) in [5, 5.41) is 3.00. The minimum Gasteiger partial charge on any atom is -0.298 e. The molecule has 1 N–H and O–H groups in total. The number of fused-ring (bicyclic) bond motifs is 1. The van der Waals surface area contributed by atoms with Gasteiger partial charge in [0.2, 0.25) is 10.0 Å². The lowest BCUT2D eigenvalue weighted by Crippen LogP contribution is -2.42. The van der Waals surface area contributed by atoms with Gasteiger partial charge in [-0.2, -0.15) is 4.31 Å². The Hall–Kier alpha value is -2.36. The lowest BCUT2D eigenvalue weighted by Gasteiger charge is -2.34. The van der Waals surface area contributed by atoms with Crippen LogP contribution < -0.4 is 5.32 Å². The van der Waals surface area contributed by atoms with Gasteiger partial charge in [0.05, 0.1) is 15.1 Å². The highest BCUT2D eigenvalue weighted by molar-refractivity contribution is 7.89. The van der Waals surface area contributed by atoms with E-state index in [1.165, 1.54) is 28.6 Å². The third-order valence-corrected chi connectivity index (χ3v) is 7.90. The first-order chi connectivity index (χ1) is 14.2. The number of sulfonamides is 1. The molecule has 1 aliphatic rings. The topological polar surface area (TPSA) is 79.4 Å². The number of hydrogen-bond donors (Lipinski definition) is 1. The Balaban J connectivity index is 1.56. The molecule has 1 amide bonds. The molecule has 30 heavy (non-hydrogen) atoms. The van der Waals surface area contributed by atoms with Crippen LogP contribution in [-0.2, 0) is 10.0 Å². The largest absolute Gasteiger partial charge is 0.298 e. The lowest BCUT2D eigenvalue weighted by molar-refractivity contribution is 0.102. The van der Waals surface area contributed by atoms with Gasteiger partial charge in [-0.05, 0) is 54.7 Å². The van der Waals surface area contributed by atoms with Crippen LogP contribution in [0.4, 0.5) is 9.52 Å². The minimum atomic E-state index is -3.68. The molecule has 2 aromatic carbocycles. The van der Waals surface area contributed by atoms with Gasteiger partial charge in [-0.15, -0.1) is 0 Å². The lowest BCUT2D eigenvalue weighted by atomic mass is 9.94. The molecule has 0 aliphatic carbocycles. The van der Waals surface area contributed by atoms with Crippen molar-refractivity contribution in [2.24, 2.45) is 11.8 Å². The van der Waals surface area contributed by atoms with Gasteiger partial charge in [-0.25, -0.2) is 17.8 Å². The number of carbonyl (C=O) groups is 1. The Morgan fingerprint density at radius 1 is 1.17 bits per heavy atom. The van der Waals surface area contributed by atoms with Gasteiger partial charge in [0.1, 0.15) is 5.82 Å². The number of benzene rings is 2. The van der Waals surface area contributed by atoms with Gasteiger partial charge in [-0.3, -0.25) is 10.1 Å². The highest BCUT2D eigenvalue weighted by atomic mass is 32.2. The van der Waals surface area contributed by atoms with Crippen LogP contribution in [0.2, 0.25) is 0 Å². The van der Waals surface area contributed by atoms with Crippen molar-refractivity contribution in [1.29, 1.82) is 0 Å². The second kappa shape index (κ2) is 8.05. The number of hydrogen-bond acceptors (Lipinski definition) is 5. The first-order valence-corrected chi connectivity index (χ1v) is 12.0. The van der Waals surface area contributed by atoms with Crippen LogP contribution >= 0.6 is 11.3 Å². The summed E-state index contributed by atoms with van der Waals surface area (Å²) in [7, 11) is -3.68. The van der Waals surface area contributed by atoms with E-state index in [0.717, 1.165) is 17.8 Å². The minimum absolute atomic E-state index is 0.0998. The van der Waals surface area contributed by atoms with Gasteiger partial charge in [-0.1, -0.05) is 31.3 Å². The maximum Gasteiger partial charge on any atom is 0.257 e. The smallest absolute Gasteiger partial charge is 0.257 e. The first kappa shape index (κ1) is 20.9. The van der Waals surface area contributed by atoms with E-state index in [2.05, 4.69) is 10.3 Å². The van der Waals surface area contributed by atoms with Gasteiger partial charge < -0.3 is 0 Å². The number of piperidine rings is 1. The standard InChI is InChI=1S/C21H22FN3O3S2/c1-13-8-14(2)12-25(11-13)30(27,28)17-5-3-4-15(9-17)20(26)24-21-23-18-7-6-16(22)10-19(18)29-21/h3-7,9-10,13-14H,8,11-12H2,1-2H3,(H,23,24,26). The van der Waals surface area contributed by atoms with Crippen LogP contribution in [0, 0.1) is 17.7 Å². The molecule has 1 fully saturated rings. The molecule has 6 nitrogen and oxygen atoms in total. The van der Waals surface area contributed by atoms with Crippen molar-refractivity contribution in [3.05, 3.63) is 53.8 Å². The van der Waals surface area contributed by atoms with E-state index in [1.54, 1.807) is 18.2 Å². The predicted molar refractivity (Wildman–Crippen MR) is 116 cm³/mol. The summed E-state index contributed by atoms with van der Waals surface area (Å²) in [6.07, 6.45) is 1.00. The fraction of sp³-hybridized carbons (Fsp3) is 0.333. The third-order valence-electron chi connectivity index (χ3n) is 5.14. The fourth-order valence-electron chi connectivity index (χ4n) is 3.87. The number of aromatic nitrogens is 1. The summed E-state index contributed by atoms with van der Waals surface area (Å²) in [4.78, 5) is 17.1. The average Bonchev–Trinajstić information content (AvgIpc) is 3.08. The van der Waals surface area contributed by atoms with Crippen molar-refractivity contribution in [1.82, 2.24) is 9.29 Å². The predicted octanol–water partition coefficient (Wildman–Crippen LogP) is 4.35. The highest BCUT2D eigenvalue weighted by Gasteiger charge is 2.32. The van der Waals surface area contributed by atoms with Gasteiger partial charge in [0.15, 0.2) is 5.13 Å². The number of rotatable bonds is 4. The van der Waals surface area contributed by atoms with Crippen LogP contribution in [0.3, 0.4) is 0 Å². The molecule has 0 radical (unpaired) electrons. The number of nitrogens with zero attached hydrogens (tertiary/aromatic N) is 2. The van der Waals surface area contributed by atoms with Crippen LogP contribution in [-0.4, -0.2) is 36.7 Å². The molecule has 1 saturated heterocycles. The summed E-state index contributed by atoms with van der Waals surface area (Å²) in [5.41, 5.74) is 0.806. The highest BCUT2D eigenvalue weighted by Crippen LogP contribution is 2.28. The first-order valence-electron chi connectivity index (χ1n) is 9.70. The van der Waals surface area contributed by atoms with Gasteiger partial charge in [0.25, 0.3) is 5.91 Å². The molecule has 3 aromatic rings. The van der Waals surface area contributed by atoms with Crippen molar-refractivity contribution in [3.8, 4) is 0 Å². The van der Waals surface area contributed by atoms with Crippen LogP contribution in [0.1, 0.15) is 30.6 Å². The zero-order valence-electron chi connectivity index (χ0n) is 16.6. The Labute approximate surface area is 178 Å². The normalized spacial score (nSPS) is 20.4. The Bertz CT molecular complexity index is 1200. The summed E-state index contributed by atoms with van der Waals surface area (Å²) in [6, 6.07) is 10.2. The van der Waals surface area contributed by atoms with Crippen molar-refractivity contribution < 1.29 is 17.6 Å². The van der Waals surface area contributed by atoms with E-state index in [0.29, 0.717) is 40.3 Å². The van der Waals surface area contributed by atoms with Crippen molar-refractivity contribution in [2.45, 2.75) is 25.2 Å². The SMILES string of the molecule is CC1CC(C)CN(S(=O)(=O)c2cccc(C(=O)Nc3nc4ccc(F)cc4s3)c2)C1. The second-order valence-electron chi connectivity index (χ2n) is 7.88. The molecule has 2 unspecified atom stereocenters. The number of nitrogens with one attached hydrogen (secondary N) is 1. The molecule has 0 saturated carbocycles. The summed E-state index contributed by atoms with van der Waals surface area (Å²) >= 11 is 1.16. The Morgan fingerprint density at radius 3 is 2.63 bits per heavy atom. The van der Waals surface area contributed by atoms with E-state index in [1.807, 2.05) is 13.8 Å². The number of anilines is 1. The van der Waals surface area contributed by atoms with Crippen molar-refractivity contribution in [3.63, 3.8) is 0 Å². The molecule has 2 atom stereocenters. The molecule has 158 valence electrons. The molecule has 0 spiro atoms. The van der Waals surface area contributed by atoms with E-state index in [4.69, 9.17) is 0 Å². The summed E-state index contributed by atoms with van der Waals surface area (Å²) < 4.78 is 41.7. The number of amides is 1.